The molecule has 9 heteroatoms. The van der Waals surface area contributed by atoms with Gasteiger partial charge in [-0.3, -0.25) is 9.59 Å². The molecule has 0 fully saturated rings. The fourth-order valence-electron chi connectivity index (χ4n) is 2.51. The maximum atomic E-state index is 12.5. The summed E-state index contributed by atoms with van der Waals surface area (Å²) in [6.45, 7) is 3.58. The lowest BCUT2D eigenvalue weighted by Gasteiger charge is -2.13. The van der Waals surface area contributed by atoms with Crippen molar-refractivity contribution in [1.29, 1.82) is 5.26 Å². The third kappa shape index (κ3) is 4.29. The number of hydrogen-bond donors (Lipinski definition) is 2. The molecule has 0 radical (unpaired) electrons. The molecule has 3 aromatic rings. The Bertz CT molecular complexity index is 1080. The second kappa shape index (κ2) is 8.54. The highest BCUT2D eigenvalue weighted by Gasteiger charge is 2.22. The lowest BCUT2D eigenvalue weighted by Crippen LogP contribution is -2.25. The van der Waals surface area contributed by atoms with Crippen LogP contribution in [-0.2, 0) is 4.79 Å². The van der Waals surface area contributed by atoms with Gasteiger partial charge in [-0.25, -0.2) is 4.98 Å². The van der Waals surface area contributed by atoms with E-state index in [4.69, 9.17) is 4.52 Å². The van der Waals surface area contributed by atoms with Gasteiger partial charge in [-0.05, 0) is 13.3 Å². The van der Waals surface area contributed by atoms with Gasteiger partial charge in [0.1, 0.15) is 17.4 Å². The van der Waals surface area contributed by atoms with Gasteiger partial charge in [0.15, 0.2) is 11.0 Å². The maximum Gasteiger partial charge on any atom is 0.270 e. The lowest BCUT2D eigenvalue weighted by molar-refractivity contribution is -0.115. The molecule has 2 N–H and O–H groups in total. The topological polar surface area (TPSA) is 125 Å². The van der Waals surface area contributed by atoms with Crippen molar-refractivity contribution in [2.24, 2.45) is 0 Å². The Balaban J connectivity index is 1.88. The smallest absolute Gasteiger partial charge is 0.270 e. The van der Waals surface area contributed by atoms with Crippen LogP contribution in [0.15, 0.2) is 50.9 Å². The number of H-pyrrole nitrogens is 1. The summed E-state index contributed by atoms with van der Waals surface area (Å²) in [5.74, 6) is 0.628. The summed E-state index contributed by atoms with van der Waals surface area (Å²) < 4.78 is 4.94. The van der Waals surface area contributed by atoms with Crippen molar-refractivity contribution in [3.05, 3.63) is 58.1 Å². The summed E-state index contributed by atoms with van der Waals surface area (Å²) in [4.78, 5) is 31.9. The number of nitrogens with zero attached hydrogens (tertiary/aromatic N) is 3. The first-order chi connectivity index (χ1) is 13.5. The molecule has 0 saturated heterocycles. The molecule has 0 aliphatic carbocycles. The lowest BCUT2D eigenvalue weighted by atomic mass is 10.1. The van der Waals surface area contributed by atoms with Crippen LogP contribution in [0.1, 0.15) is 24.7 Å². The number of aryl methyl sites for hydroxylation is 1. The summed E-state index contributed by atoms with van der Waals surface area (Å²) >= 11 is 1.12. The standard InChI is InChI=1S/C19H17N5O3S/c1-3-14(18(26)21-15-9-11(2)27-24-15)28-19-22-16(12-7-5-4-6-8-12)13(10-20)17(25)23-19/h4-9,14H,3H2,1-2H3,(H,21,24,26)(H,22,23,25)/t14-/m0/s1. The van der Waals surface area contributed by atoms with Crippen molar-refractivity contribution in [3.63, 3.8) is 0 Å². The van der Waals surface area contributed by atoms with Crippen LogP contribution in [0.4, 0.5) is 5.82 Å². The van der Waals surface area contributed by atoms with E-state index >= 15 is 0 Å². The highest BCUT2D eigenvalue weighted by Crippen LogP contribution is 2.26. The van der Waals surface area contributed by atoms with Crippen molar-refractivity contribution in [3.8, 4) is 17.3 Å². The van der Waals surface area contributed by atoms with Gasteiger partial charge >= 0.3 is 0 Å². The minimum atomic E-state index is -0.541. The van der Waals surface area contributed by atoms with E-state index in [-0.39, 0.29) is 22.3 Å². The molecule has 2 heterocycles. The van der Waals surface area contributed by atoms with Gasteiger partial charge in [-0.15, -0.1) is 0 Å². The molecular weight excluding hydrogens is 378 g/mol. The fourth-order valence-corrected chi connectivity index (χ4v) is 3.40. The van der Waals surface area contributed by atoms with Crippen LogP contribution >= 0.6 is 11.8 Å². The van der Waals surface area contributed by atoms with Crippen molar-refractivity contribution in [2.75, 3.05) is 5.32 Å². The number of anilines is 1. The first-order valence-corrected chi connectivity index (χ1v) is 9.40. The minimum Gasteiger partial charge on any atom is -0.360 e. The van der Waals surface area contributed by atoms with E-state index in [0.717, 1.165) is 11.8 Å². The van der Waals surface area contributed by atoms with Gasteiger partial charge in [-0.2, -0.15) is 5.26 Å². The van der Waals surface area contributed by atoms with Gasteiger partial charge in [0.2, 0.25) is 5.91 Å². The van der Waals surface area contributed by atoms with Crippen molar-refractivity contribution in [2.45, 2.75) is 30.7 Å². The highest BCUT2D eigenvalue weighted by atomic mass is 32.2. The molecule has 28 heavy (non-hydrogen) atoms. The van der Waals surface area contributed by atoms with E-state index < -0.39 is 10.8 Å². The van der Waals surface area contributed by atoms with E-state index in [2.05, 4.69) is 20.4 Å². The van der Waals surface area contributed by atoms with Crippen molar-refractivity contribution >= 4 is 23.5 Å². The van der Waals surface area contributed by atoms with Crippen LogP contribution in [-0.4, -0.2) is 26.3 Å². The van der Waals surface area contributed by atoms with Crippen LogP contribution < -0.4 is 10.9 Å². The zero-order chi connectivity index (χ0) is 20.1. The summed E-state index contributed by atoms with van der Waals surface area (Å²) in [5, 5.41) is 15.5. The van der Waals surface area contributed by atoms with E-state index in [9.17, 15) is 14.9 Å². The van der Waals surface area contributed by atoms with Crippen LogP contribution in [0.25, 0.3) is 11.3 Å². The average molecular weight is 395 g/mol. The van der Waals surface area contributed by atoms with Crippen LogP contribution in [0.5, 0.6) is 0 Å². The molecule has 142 valence electrons. The van der Waals surface area contributed by atoms with Crippen LogP contribution in [0.3, 0.4) is 0 Å². The molecule has 1 atom stereocenters. The molecule has 0 aliphatic rings. The molecule has 3 rings (SSSR count). The van der Waals surface area contributed by atoms with E-state index in [1.54, 1.807) is 37.3 Å². The molecular formula is C19H17N5O3S. The van der Waals surface area contributed by atoms with Gasteiger partial charge in [0, 0.05) is 11.6 Å². The monoisotopic (exact) mass is 395 g/mol. The number of thioether (sulfide) groups is 1. The largest absolute Gasteiger partial charge is 0.360 e. The van der Waals surface area contributed by atoms with Gasteiger partial charge in [0.05, 0.1) is 10.9 Å². The molecule has 8 nitrogen and oxygen atoms in total. The molecule has 1 amide bonds. The average Bonchev–Trinajstić information content (AvgIpc) is 3.10. The zero-order valence-electron chi connectivity index (χ0n) is 15.2. The molecule has 0 aliphatic heterocycles. The Hall–Kier alpha value is -3.38. The summed E-state index contributed by atoms with van der Waals surface area (Å²) in [6.07, 6.45) is 0.498. The Morgan fingerprint density at radius 1 is 1.39 bits per heavy atom. The van der Waals surface area contributed by atoms with E-state index in [0.29, 0.717) is 23.6 Å². The third-order valence-corrected chi connectivity index (χ3v) is 5.10. The summed E-state index contributed by atoms with van der Waals surface area (Å²) in [6, 6.07) is 12.5. The second-order valence-electron chi connectivity index (χ2n) is 5.90. The molecule has 0 saturated carbocycles. The second-order valence-corrected chi connectivity index (χ2v) is 7.09. The number of carbonyl (C=O) groups is 1. The van der Waals surface area contributed by atoms with Crippen molar-refractivity contribution < 1.29 is 9.32 Å². The van der Waals surface area contributed by atoms with Crippen LogP contribution in [0, 0.1) is 18.3 Å². The number of nitrogens with one attached hydrogen (secondary N) is 2. The predicted octanol–water partition coefficient (Wildman–Crippen LogP) is 3.11. The van der Waals surface area contributed by atoms with E-state index in [1.165, 1.54) is 0 Å². The number of benzene rings is 1. The first kappa shape index (κ1) is 19.4. The summed E-state index contributed by atoms with van der Waals surface area (Å²) in [5.41, 5.74) is 0.340. The number of nitriles is 1. The Morgan fingerprint density at radius 3 is 2.75 bits per heavy atom. The van der Waals surface area contributed by atoms with Crippen molar-refractivity contribution in [1.82, 2.24) is 15.1 Å². The first-order valence-electron chi connectivity index (χ1n) is 8.52. The van der Waals surface area contributed by atoms with Gasteiger partial charge < -0.3 is 14.8 Å². The Morgan fingerprint density at radius 2 is 2.14 bits per heavy atom. The third-order valence-electron chi connectivity index (χ3n) is 3.85. The quantitative estimate of drug-likeness (QED) is 0.485. The van der Waals surface area contributed by atoms with Gasteiger partial charge in [-0.1, -0.05) is 54.2 Å². The number of aromatic amines is 1. The number of amides is 1. The molecule has 0 unspecified atom stereocenters. The number of hydrogen-bond acceptors (Lipinski definition) is 7. The Kier molecular flexibility index (Phi) is 5.91. The normalized spacial score (nSPS) is 11.6. The fraction of sp³-hybridized carbons (Fsp3) is 0.211. The number of rotatable bonds is 6. The summed E-state index contributed by atoms with van der Waals surface area (Å²) in [7, 11) is 0. The minimum absolute atomic E-state index is 0.0638. The molecule has 0 bridgehead atoms. The maximum absolute atomic E-state index is 12.5. The Labute approximate surface area is 165 Å². The van der Waals surface area contributed by atoms with Crippen LogP contribution in [0.2, 0.25) is 0 Å². The molecule has 0 spiro atoms. The molecule has 1 aromatic carbocycles. The SMILES string of the molecule is CC[C@H](Sc1nc(-c2ccccc2)c(C#N)c(=O)[nH]1)C(=O)Nc1cc(C)on1. The zero-order valence-corrected chi connectivity index (χ0v) is 16.0. The van der Waals surface area contributed by atoms with E-state index in [1.807, 2.05) is 19.1 Å². The number of carbonyl (C=O) groups excluding carboxylic acids is 1. The van der Waals surface area contributed by atoms with Gasteiger partial charge in [0.25, 0.3) is 5.56 Å². The number of aromatic nitrogens is 3. The predicted molar refractivity (Wildman–Crippen MR) is 105 cm³/mol. The highest BCUT2D eigenvalue weighted by molar-refractivity contribution is 8.00. The molecule has 2 aromatic heterocycles.